The summed E-state index contributed by atoms with van der Waals surface area (Å²) in [6.07, 6.45) is 8.78. The first kappa shape index (κ1) is 14.9. The number of aliphatic hydroxyl groups excluding tert-OH is 2. The maximum atomic E-state index is 9.57. The van der Waals surface area contributed by atoms with E-state index in [1.807, 2.05) is 0 Å². The van der Waals surface area contributed by atoms with Crippen molar-refractivity contribution in [3.05, 3.63) is 0 Å². The molecule has 2 N–H and O–H groups in total. The molecule has 0 aromatic rings. The van der Waals surface area contributed by atoms with Crippen molar-refractivity contribution in [3.8, 4) is 0 Å². The zero-order valence-corrected chi connectivity index (χ0v) is 10.5. The van der Waals surface area contributed by atoms with Crippen LogP contribution in [0.4, 0.5) is 0 Å². The summed E-state index contributed by atoms with van der Waals surface area (Å²) in [6, 6.07) is 0. The van der Waals surface area contributed by atoms with Crippen LogP contribution >= 0.6 is 0 Å². The third-order valence-electron chi connectivity index (χ3n) is 3.32. The molecule has 0 heterocycles. The van der Waals surface area contributed by atoms with Crippen molar-refractivity contribution in [1.29, 1.82) is 0 Å². The van der Waals surface area contributed by atoms with Crippen molar-refractivity contribution < 1.29 is 10.2 Å². The van der Waals surface area contributed by atoms with Crippen LogP contribution in [0.5, 0.6) is 0 Å². The number of hydrogen-bond donors (Lipinski definition) is 2. The molecule has 0 radical (unpaired) electrons. The fraction of sp³-hybridized carbons (Fsp3) is 1.00. The first-order valence-corrected chi connectivity index (χ1v) is 6.46. The summed E-state index contributed by atoms with van der Waals surface area (Å²) in [5.74, 6) is 0. The number of unbranched alkanes of at least 4 members (excludes halogenated alkanes) is 2. The van der Waals surface area contributed by atoms with Gasteiger partial charge in [0.2, 0.25) is 0 Å². The number of aliphatic hydroxyl groups is 2. The molecule has 0 bridgehead atoms. The molecule has 2 heteroatoms. The molecule has 0 spiro atoms. The van der Waals surface area contributed by atoms with Gasteiger partial charge in [-0.3, -0.25) is 0 Å². The van der Waals surface area contributed by atoms with Gasteiger partial charge in [0.05, 0.1) is 0 Å². The smallest absolute Gasteiger partial charge is 0.0487 e. The van der Waals surface area contributed by atoms with Gasteiger partial charge < -0.3 is 10.2 Å². The molecule has 0 unspecified atom stereocenters. The van der Waals surface area contributed by atoms with E-state index in [1.165, 1.54) is 25.7 Å². The highest BCUT2D eigenvalue weighted by Gasteiger charge is 2.27. The Kier molecular flexibility index (Phi) is 9.12. The predicted molar refractivity (Wildman–Crippen MR) is 64.9 cm³/mol. The molecule has 0 aromatic heterocycles. The van der Waals surface area contributed by atoms with Crippen LogP contribution < -0.4 is 0 Å². The van der Waals surface area contributed by atoms with E-state index in [0.717, 1.165) is 25.7 Å². The molecule has 0 atom stereocenters. The van der Waals surface area contributed by atoms with Crippen LogP contribution in [0.3, 0.4) is 0 Å². The van der Waals surface area contributed by atoms with Crippen molar-refractivity contribution in [1.82, 2.24) is 0 Å². The van der Waals surface area contributed by atoms with Gasteiger partial charge in [-0.15, -0.1) is 0 Å². The second-order valence-electron chi connectivity index (χ2n) is 4.69. The quantitative estimate of drug-likeness (QED) is 0.589. The van der Waals surface area contributed by atoms with Crippen LogP contribution in [0.2, 0.25) is 0 Å². The Labute approximate surface area is 94.7 Å². The number of rotatable bonds is 10. The van der Waals surface area contributed by atoms with Crippen molar-refractivity contribution >= 4 is 0 Å². The van der Waals surface area contributed by atoms with Gasteiger partial charge in [-0.1, -0.05) is 39.5 Å². The minimum absolute atomic E-state index is 0.0920. The molecule has 92 valence electrons. The van der Waals surface area contributed by atoms with Gasteiger partial charge in [0.25, 0.3) is 0 Å². The lowest BCUT2D eigenvalue weighted by Crippen LogP contribution is -2.26. The molecule has 0 aliphatic carbocycles. The predicted octanol–water partition coefficient (Wildman–Crippen LogP) is 3.12. The van der Waals surface area contributed by atoms with Crippen LogP contribution in [0.15, 0.2) is 0 Å². The van der Waals surface area contributed by atoms with Gasteiger partial charge in [-0.05, 0) is 31.1 Å². The SMILES string of the molecule is CCCCC(CO)(CCCC)CCCO. The number of hydrogen-bond acceptors (Lipinski definition) is 2. The molecule has 0 aliphatic rings. The van der Waals surface area contributed by atoms with Crippen molar-refractivity contribution in [3.63, 3.8) is 0 Å². The Morgan fingerprint density at radius 1 is 0.800 bits per heavy atom. The summed E-state index contributed by atoms with van der Waals surface area (Å²) < 4.78 is 0. The molecular formula is C13H28O2. The minimum atomic E-state index is 0.0920. The van der Waals surface area contributed by atoms with Gasteiger partial charge in [0.15, 0.2) is 0 Å². The molecule has 0 rings (SSSR count). The standard InChI is InChI=1S/C13H28O2/c1-3-5-8-13(12-15,9-6-4-2)10-7-11-14/h14-15H,3-12H2,1-2H3. The molecule has 0 fully saturated rings. The second kappa shape index (κ2) is 9.17. The summed E-state index contributed by atoms with van der Waals surface area (Å²) in [7, 11) is 0. The summed E-state index contributed by atoms with van der Waals surface area (Å²) >= 11 is 0. The molecule has 2 nitrogen and oxygen atoms in total. The zero-order chi connectivity index (χ0) is 11.6. The van der Waals surface area contributed by atoms with E-state index in [4.69, 9.17) is 5.11 Å². The molecule has 0 saturated heterocycles. The van der Waals surface area contributed by atoms with E-state index in [9.17, 15) is 5.11 Å². The van der Waals surface area contributed by atoms with Gasteiger partial charge in [0.1, 0.15) is 0 Å². The van der Waals surface area contributed by atoms with Crippen LogP contribution in [0, 0.1) is 5.41 Å². The Hall–Kier alpha value is -0.0800. The van der Waals surface area contributed by atoms with Crippen molar-refractivity contribution in [2.45, 2.75) is 65.2 Å². The van der Waals surface area contributed by atoms with Gasteiger partial charge in [0, 0.05) is 13.2 Å². The van der Waals surface area contributed by atoms with Crippen LogP contribution in [0.1, 0.15) is 65.2 Å². The highest BCUT2D eigenvalue weighted by Crippen LogP contribution is 2.35. The van der Waals surface area contributed by atoms with E-state index < -0.39 is 0 Å². The van der Waals surface area contributed by atoms with Crippen molar-refractivity contribution in [2.24, 2.45) is 5.41 Å². The highest BCUT2D eigenvalue weighted by molar-refractivity contribution is 4.78. The van der Waals surface area contributed by atoms with E-state index in [0.29, 0.717) is 0 Å². The fourth-order valence-electron chi connectivity index (χ4n) is 2.17. The Morgan fingerprint density at radius 3 is 1.60 bits per heavy atom. The lowest BCUT2D eigenvalue weighted by atomic mass is 9.75. The van der Waals surface area contributed by atoms with Crippen LogP contribution in [-0.2, 0) is 0 Å². The third kappa shape index (κ3) is 6.16. The van der Waals surface area contributed by atoms with Crippen LogP contribution in [0.25, 0.3) is 0 Å². The average Bonchev–Trinajstić information content (AvgIpc) is 2.29. The van der Waals surface area contributed by atoms with Crippen LogP contribution in [-0.4, -0.2) is 23.4 Å². The summed E-state index contributed by atoms with van der Waals surface area (Å²) in [4.78, 5) is 0. The maximum absolute atomic E-state index is 9.57. The normalized spacial score (nSPS) is 12.0. The maximum Gasteiger partial charge on any atom is 0.0487 e. The molecule has 0 aromatic carbocycles. The fourth-order valence-corrected chi connectivity index (χ4v) is 2.17. The molecule has 15 heavy (non-hydrogen) atoms. The summed E-state index contributed by atoms with van der Waals surface area (Å²) in [5, 5.41) is 18.5. The molecule has 0 amide bonds. The van der Waals surface area contributed by atoms with Crippen molar-refractivity contribution in [2.75, 3.05) is 13.2 Å². The zero-order valence-electron chi connectivity index (χ0n) is 10.5. The second-order valence-corrected chi connectivity index (χ2v) is 4.69. The first-order chi connectivity index (χ1) is 7.24. The van der Waals surface area contributed by atoms with E-state index in [1.54, 1.807) is 0 Å². The Bertz CT molecular complexity index is 113. The van der Waals surface area contributed by atoms with Gasteiger partial charge in [-0.2, -0.15) is 0 Å². The molecular weight excluding hydrogens is 188 g/mol. The Morgan fingerprint density at radius 2 is 1.27 bits per heavy atom. The minimum Gasteiger partial charge on any atom is -0.396 e. The third-order valence-corrected chi connectivity index (χ3v) is 3.32. The Balaban J connectivity index is 4.16. The van der Waals surface area contributed by atoms with E-state index >= 15 is 0 Å². The van der Waals surface area contributed by atoms with E-state index in [-0.39, 0.29) is 18.6 Å². The average molecular weight is 216 g/mol. The largest absolute Gasteiger partial charge is 0.396 e. The van der Waals surface area contributed by atoms with Gasteiger partial charge >= 0.3 is 0 Å². The summed E-state index contributed by atoms with van der Waals surface area (Å²) in [6.45, 7) is 4.91. The highest BCUT2D eigenvalue weighted by atomic mass is 16.3. The molecule has 0 saturated carbocycles. The lowest BCUT2D eigenvalue weighted by molar-refractivity contribution is 0.0814. The summed E-state index contributed by atoms with van der Waals surface area (Å²) in [5.41, 5.74) is 0.0920. The lowest BCUT2D eigenvalue weighted by Gasteiger charge is -2.32. The topological polar surface area (TPSA) is 40.5 Å². The monoisotopic (exact) mass is 216 g/mol. The van der Waals surface area contributed by atoms with E-state index in [2.05, 4.69) is 13.8 Å². The first-order valence-electron chi connectivity index (χ1n) is 6.46. The molecule has 0 aliphatic heterocycles. The van der Waals surface area contributed by atoms with Gasteiger partial charge in [-0.25, -0.2) is 0 Å².